The van der Waals surface area contributed by atoms with Gasteiger partial charge in [-0.2, -0.15) is 5.10 Å². The molecule has 29 heavy (non-hydrogen) atoms. The van der Waals surface area contributed by atoms with E-state index < -0.39 is 0 Å². The van der Waals surface area contributed by atoms with Crippen molar-refractivity contribution in [3.63, 3.8) is 0 Å². The number of likely N-dealkylation sites (N-methyl/N-ethyl adjacent to an activating group) is 1. The van der Waals surface area contributed by atoms with Crippen molar-refractivity contribution in [2.45, 2.75) is 44.2 Å². The number of piperazine rings is 1. The van der Waals surface area contributed by atoms with E-state index in [-0.39, 0.29) is 24.3 Å². The van der Waals surface area contributed by atoms with Crippen molar-refractivity contribution < 1.29 is 19.5 Å². The summed E-state index contributed by atoms with van der Waals surface area (Å²) >= 11 is 0. The van der Waals surface area contributed by atoms with E-state index in [1.165, 1.54) is 6.42 Å². The Labute approximate surface area is 168 Å². The molecule has 8 nitrogen and oxygen atoms in total. The van der Waals surface area contributed by atoms with Gasteiger partial charge >= 0.3 is 0 Å². The van der Waals surface area contributed by atoms with Gasteiger partial charge in [0.15, 0.2) is 5.69 Å². The summed E-state index contributed by atoms with van der Waals surface area (Å²) in [5.74, 6) is 0.596. The summed E-state index contributed by atoms with van der Waals surface area (Å²) in [6.45, 7) is 1.48. The van der Waals surface area contributed by atoms with Crippen molar-refractivity contribution in [3.05, 3.63) is 29.5 Å². The fraction of sp³-hybridized carbons (Fsp3) is 0.524. The molecule has 2 atom stereocenters. The van der Waals surface area contributed by atoms with Gasteiger partial charge in [-0.05, 0) is 50.4 Å². The monoisotopic (exact) mass is 398 g/mol. The molecule has 4 heterocycles. The standard InChI is InChI=1S/C20H24N4O2.CH2O2/c1-23-10-15-6-5-14(23)11-24(15)20(26)19-16-8-12(2-7-17(16)21-22-19)9-18(25)13-3-4-13;2-1-3/h2,7-8,13-15H,3-6,9-11H2,1H3,(H,21,22);1H,(H,2,3). The number of nitrogens with zero attached hydrogens (tertiary/aromatic N) is 3. The summed E-state index contributed by atoms with van der Waals surface area (Å²) in [6.07, 6.45) is 4.76. The number of hydrogen-bond acceptors (Lipinski definition) is 5. The number of amides is 1. The molecule has 1 aliphatic carbocycles. The molecule has 8 heteroatoms. The molecule has 3 aliphatic heterocycles. The van der Waals surface area contributed by atoms with Crippen LogP contribution in [-0.4, -0.2) is 75.5 Å². The topological polar surface area (TPSA) is 107 Å². The van der Waals surface area contributed by atoms with Crippen LogP contribution in [0.4, 0.5) is 0 Å². The van der Waals surface area contributed by atoms with E-state index in [0.717, 1.165) is 48.8 Å². The smallest absolute Gasteiger partial charge is 0.290 e. The predicted molar refractivity (Wildman–Crippen MR) is 107 cm³/mol. The van der Waals surface area contributed by atoms with E-state index in [2.05, 4.69) is 22.1 Å². The molecule has 1 aromatic carbocycles. The molecule has 6 rings (SSSR count). The predicted octanol–water partition coefficient (Wildman–Crippen LogP) is 1.70. The molecule has 2 N–H and O–H groups in total. The van der Waals surface area contributed by atoms with Gasteiger partial charge in [0.05, 0.1) is 5.52 Å². The van der Waals surface area contributed by atoms with Gasteiger partial charge in [0.2, 0.25) is 0 Å². The first kappa shape index (κ1) is 19.6. The summed E-state index contributed by atoms with van der Waals surface area (Å²) in [7, 11) is 2.14. The summed E-state index contributed by atoms with van der Waals surface area (Å²) in [6, 6.07) is 6.61. The average molecular weight is 398 g/mol. The molecule has 1 amide bonds. The molecule has 0 radical (unpaired) electrons. The highest BCUT2D eigenvalue weighted by atomic mass is 16.3. The van der Waals surface area contributed by atoms with Crippen molar-refractivity contribution in [3.8, 4) is 0 Å². The lowest BCUT2D eigenvalue weighted by molar-refractivity contribution is -0.123. The number of nitrogens with one attached hydrogen (secondary N) is 1. The van der Waals surface area contributed by atoms with Crippen molar-refractivity contribution >= 4 is 29.1 Å². The second-order valence-electron chi connectivity index (χ2n) is 8.26. The van der Waals surface area contributed by atoms with Crippen LogP contribution in [0.25, 0.3) is 10.9 Å². The fourth-order valence-electron chi connectivity index (χ4n) is 4.51. The van der Waals surface area contributed by atoms with Gasteiger partial charge in [-0.15, -0.1) is 0 Å². The van der Waals surface area contributed by atoms with Crippen LogP contribution in [-0.2, 0) is 16.0 Å². The van der Waals surface area contributed by atoms with Crippen LogP contribution in [0.15, 0.2) is 18.2 Å². The molecule has 4 fully saturated rings. The maximum Gasteiger partial charge on any atom is 0.290 e. The molecule has 0 spiro atoms. The fourth-order valence-corrected chi connectivity index (χ4v) is 4.51. The van der Waals surface area contributed by atoms with Gasteiger partial charge in [-0.25, -0.2) is 0 Å². The first-order valence-electron chi connectivity index (χ1n) is 10.1. The Bertz CT molecular complexity index is 936. The minimum Gasteiger partial charge on any atom is -0.483 e. The number of hydrogen-bond donors (Lipinski definition) is 2. The molecule has 3 saturated heterocycles. The van der Waals surface area contributed by atoms with E-state index in [9.17, 15) is 9.59 Å². The van der Waals surface area contributed by atoms with Gasteiger partial charge < -0.3 is 10.0 Å². The first-order chi connectivity index (χ1) is 14.0. The number of benzene rings is 1. The van der Waals surface area contributed by atoms with Crippen molar-refractivity contribution in [2.24, 2.45) is 5.92 Å². The Morgan fingerprint density at radius 2 is 1.93 bits per heavy atom. The minimum absolute atomic E-state index is 0.0183. The zero-order valence-electron chi connectivity index (χ0n) is 16.5. The third-order valence-corrected chi connectivity index (χ3v) is 6.31. The van der Waals surface area contributed by atoms with E-state index in [1.54, 1.807) is 0 Å². The van der Waals surface area contributed by atoms with Crippen molar-refractivity contribution in [1.29, 1.82) is 0 Å². The number of carboxylic acid groups (broad SMARTS) is 1. The Balaban J connectivity index is 0.000000645. The highest BCUT2D eigenvalue weighted by Gasteiger charge is 2.40. The SMILES string of the molecule is CN1CC2CCC1CN2C(=O)c1n[nH]c2ccc(CC(=O)C3CC3)cc12.O=CO. The van der Waals surface area contributed by atoms with Crippen LogP contribution >= 0.6 is 0 Å². The second kappa shape index (κ2) is 7.94. The van der Waals surface area contributed by atoms with Gasteiger partial charge in [0.25, 0.3) is 12.4 Å². The molecule has 1 aromatic heterocycles. The summed E-state index contributed by atoms with van der Waals surface area (Å²) in [4.78, 5) is 38.0. The number of aromatic amines is 1. The summed E-state index contributed by atoms with van der Waals surface area (Å²) in [5, 5.41) is 15.0. The van der Waals surface area contributed by atoms with Gasteiger partial charge in [0.1, 0.15) is 5.78 Å². The maximum absolute atomic E-state index is 13.2. The summed E-state index contributed by atoms with van der Waals surface area (Å²) < 4.78 is 0. The minimum atomic E-state index is -0.250. The number of carbonyl (C=O) groups is 3. The molecule has 1 saturated carbocycles. The number of aromatic nitrogens is 2. The van der Waals surface area contributed by atoms with Crippen LogP contribution < -0.4 is 0 Å². The highest BCUT2D eigenvalue weighted by Crippen LogP contribution is 2.32. The van der Waals surface area contributed by atoms with Gasteiger partial charge in [-0.3, -0.25) is 24.4 Å². The Hall–Kier alpha value is -2.74. The molecule has 4 aliphatic rings. The second-order valence-corrected chi connectivity index (χ2v) is 8.26. The quantitative estimate of drug-likeness (QED) is 0.760. The normalized spacial score (nSPS) is 23.6. The molecule has 2 bridgehead atoms. The Morgan fingerprint density at radius 1 is 1.21 bits per heavy atom. The van der Waals surface area contributed by atoms with Crippen molar-refractivity contribution in [2.75, 3.05) is 20.1 Å². The van der Waals surface area contributed by atoms with E-state index in [4.69, 9.17) is 9.90 Å². The number of carbonyl (C=O) groups excluding carboxylic acids is 2. The van der Waals surface area contributed by atoms with Crippen molar-refractivity contribution in [1.82, 2.24) is 20.0 Å². The number of Topliss-reactive ketones (excluding diaryl/α,β-unsaturated/α-hetero) is 1. The number of H-pyrrole nitrogens is 1. The van der Waals surface area contributed by atoms with Crippen LogP contribution in [0.1, 0.15) is 41.7 Å². The van der Waals surface area contributed by atoms with E-state index in [1.807, 2.05) is 23.1 Å². The van der Waals surface area contributed by atoms with E-state index >= 15 is 0 Å². The van der Waals surface area contributed by atoms with Crippen LogP contribution in [0.2, 0.25) is 0 Å². The first-order valence-corrected chi connectivity index (χ1v) is 10.1. The highest BCUT2D eigenvalue weighted by molar-refractivity contribution is 6.05. The lowest BCUT2D eigenvalue weighted by Crippen LogP contribution is -2.62. The number of rotatable bonds is 4. The lowest BCUT2D eigenvalue weighted by Gasteiger charge is -2.50. The molecule has 154 valence electrons. The van der Waals surface area contributed by atoms with Gasteiger partial charge in [-0.1, -0.05) is 6.07 Å². The maximum atomic E-state index is 13.2. The molecule has 2 aromatic rings. The Morgan fingerprint density at radius 3 is 2.55 bits per heavy atom. The van der Waals surface area contributed by atoms with Crippen LogP contribution in [0, 0.1) is 5.92 Å². The average Bonchev–Trinajstić information content (AvgIpc) is 3.49. The zero-order valence-corrected chi connectivity index (χ0v) is 16.5. The largest absolute Gasteiger partial charge is 0.483 e. The summed E-state index contributed by atoms with van der Waals surface area (Å²) in [5.41, 5.74) is 2.33. The number of piperidine rings is 2. The molecule has 2 unspecified atom stereocenters. The molecular formula is C21H26N4O4. The number of ketones is 1. The zero-order chi connectivity index (χ0) is 20.5. The molecular weight excluding hydrogens is 372 g/mol. The lowest BCUT2D eigenvalue weighted by atomic mass is 9.91. The van der Waals surface area contributed by atoms with Gasteiger partial charge in [0, 0.05) is 42.9 Å². The third kappa shape index (κ3) is 3.89. The van der Waals surface area contributed by atoms with E-state index in [0.29, 0.717) is 23.9 Å². The number of fused-ring (bicyclic) bond motifs is 4. The third-order valence-electron chi connectivity index (χ3n) is 6.31. The van der Waals surface area contributed by atoms with Crippen LogP contribution in [0.3, 0.4) is 0 Å². The Kier molecular flexibility index (Phi) is 5.36. The van der Waals surface area contributed by atoms with Crippen LogP contribution in [0.5, 0.6) is 0 Å².